The Kier molecular flexibility index (Phi) is 10.5. The fourth-order valence-corrected chi connectivity index (χ4v) is 4.77. The lowest BCUT2D eigenvalue weighted by molar-refractivity contribution is -0.132. The van der Waals surface area contributed by atoms with Gasteiger partial charge in [-0.15, -0.1) is 0 Å². The number of nitrogens with zero attached hydrogens (tertiary/aromatic N) is 2. The van der Waals surface area contributed by atoms with Crippen LogP contribution >= 0.6 is 0 Å². The van der Waals surface area contributed by atoms with Crippen LogP contribution in [0, 0.1) is 0 Å². The summed E-state index contributed by atoms with van der Waals surface area (Å²) in [5.74, 6) is -1.36. The molecular weight excluding hydrogens is 520 g/mol. The number of benzene rings is 2. The fraction of sp³-hybridized carbons (Fsp3) is 0.364. The van der Waals surface area contributed by atoms with Crippen molar-refractivity contribution in [2.24, 2.45) is 0 Å². The van der Waals surface area contributed by atoms with Gasteiger partial charge in [-0.05, 0) is 65.5 Å². The Bertz CT molecular complexity index is 1420. The second-order valence-electron chi connectivity index (χ2n) is 10.6. The molecule has 0 saturated carbocycles. The molecule has 2 aromatic rings. The van der Waals surface area contributed by atoms with Crippen LogP contribution in [0.4, 0.5) is 17.1 Å². The minimum absolute atomic E-state index is 0.0766. The Morgan fingerprint density at radius 3 is 2.07 bits per heavy atom. The molecule has 1 N–H and O–H groups in total. The highest BCUT2D eigenvalue weighted by Crippen LogP contribution is 2.50. The highest BCUT2D eigenvalue weighted by atomic mass is 16.5. The molecule has 0 bridgehead atoms. The number of esters is 2. The van der Waals surface area contributed by atoms with Gasteiger partial charge in [0.1, 0.15) is 11.4 Å². The lowest BCUT2D eigenvalue weighted by Crippen LogP contribution is -2.30. The van der Waals surface area contributed by atoms with E-state index in [2.05, 4.69) is 32.9 Å². The Hall–Kier alpha value is -4.33. The highest BCUT2D eigenvalue weighted by Gasteiger charge is 2.34. The van der Waals surface area contributed by atoms with E-state index in [0.717, 1.165) is 31.3 Å². The number of fused-ring (bicyclic) bond motifs is 2. The molecule has 41 heavy (non-hydrogen) atoms. The van der Waals surface area contributed by atoms with E-state index in [1.807, 2.05) is 13.0 Å². The Labute approximate surface area is 242 Å². The first kappa shape index (κ1) is 31.2. The molecular formula is C33H40N2O6. The van der Waals surface area contributed by atoms with E-state index in [9.17, 15) is 19.5 Å². The number of para-hydroxylation sites is 1. The standard InChI is InChI=1S/C33H40N2O6/c1-21(2)11-8-12-22(3)13-9-14-23(4)17-18-35-28-19-26(38)20-30(41-25(6)37)32(28)34(7)31-27(33(35)39)15-10-16-29(31)40-24(5)36/h10-11,13,15-17,19-20,38H,8-9,12,14,18H2,1-7H3. The first-order valence-electron chi connectivity index (χ1n) is 13.8. The van der Waals surface area contributed by atoms with Gasteiger partial charge in [-0.25, -0.2) is 0 Å². The largest absolute Gasteiger partial charge is 0.508 e. The zero-order valence-electron chi connectivity index (χ0n) is 25.0. The summed E-state index contributed by atoms with van der Waals surface area (Å²) in [5, 5.41) is 10.5. The molecule has 8 nitrogen and oxygen atoms in total. The number of aromatic hydroxyl groups is 1. The monoisotopic (exact) mass is 560 g/mol. The van der Waals surface area contributed by atoms with Crippen LogP contribution in [-0.4, -0.2) is 36.5 Å². The fourth-order valence-electron chi connectivity index (χ4n) is 4.77. The number of hydrogen-bond donors (Lipinski definition) is 1. The highest BCUT2D eigenvalue weighted by molar-refractivity contribution is 6.16. The van der Waals surface area contributed by atoms with Gasteiger partial charge in [-0.1, -0.05) is 41.0 Å². The van der Waals surface area contributed by atoms with Gasteiger partial charge >= 0.3 is 11.9 Å². The Morgan fingerprint density at radius 1 is 0.829 bits per heavy atom. The molecule has 0 aromatic heterocycles. The molecule has 0 spiro atoms. The van der Waals surface area contributed by atoms with Gasteiger partial charge in [0.2, 0.25) is 0 Å². The number of carbonyl (C=O) groups excluding carboxylic acids is 3. The van der Waals surface area contributed by atoms with Crippen molar-refractivity contribution >= 4 is 34.9 Å². The summed E-state index contributed by atoms with van der Waals surface area (Å²) < 4.78 is 10.9. The summed E-state index contributed by atoms with van der Waals surface area (Å²) in [4.78, 5) is 41.0. The van der Waals surface area contributed by atoms with Gasteiger partial charge in [-0.3, -0.25) is 14.4 Å². The summed E-state index contributed by atoms with van der Waals surface area (Å²) in [6.07, 6.45) is 10.3. The number of hydrogen-bond acceptors (Lipinski definition) is 7. The third-order valence-corrected chi connectivity index (χ3v) is 6.73. The first-order chi connectivity index (χ1) is 19.4. The Balaban J connectivity index is 2.00. The smallest absolute Gasteiger partial charge is 0.308 e. The Morgan fingerprint density at radius 2 is 1.44 bits per heavy atom. The molecule has 0 fully saturated rings. The maximum atomic E-state index is 14.0. The zero-order chi connectivity index (χ0) is 30.3. The topological polar surface area (TPSA) is 96.4 Å². The molecule has 0 aliphatic carbocycles. The summed E-state index contributed by atoms with van der Waals surface area (Å²) in [7, 11) is 1.69. The van der Waals surface area contributed by atoms with Crippen molar-refractivity contribution in [3.63, 3.8) is 0 Å². The van der Waals surface area contributed by atoms with Gasteiger partial charge in [0.05, 0.1) is 16.9 Å². The lowest BCUT2D eigenvalue weighted by Gasteiger charge is -2.26. The van der Waals surface area contributed by atoms with Gasteiger partial charge < -0.3 is 24.4 Å². The molecule has 1 heterocycles. The van der Waals surface area contributed by atoms with Gasteiger partial charge in [-0.2, -0.15) is 0 Å². The number of ether oxygens (including phenoxy) is 2. The average molecular weight is 561 g/mol. The van der Waals surface area contributed by atoms with Crippen molar-refractivity contribution in [2.75, 3.05) is 23.4 Å². The van der Waals surface area contributed by atoms with E-state index in [-0.39, 0.29) is 29.7 Å². The number of anilines is 3. The van der Waals surface area contributed by atoms with Crippen molar-refractivity contribution < 1.29 is 29.0 Å². The van der Waals surface area contributed by atoms with Crippen LogP contribution in [0.25, 0.3) is 0 Å². The molecule has 0 unspecified atom stereocenters. The predicted molar refractivity (Wildman–Crippen MR) is 162 cm³/mol. The molecule has 0 atom stereocenters. The van der Waals surface area contributed by atoms with E-state index < -0.39 is 11.9 Å². The summed E-state index contributed by atoms with van der Waals surface area (Å²) in [6, 6.07) is 7.70. The van der Waals surface area contributed by atoms with Crippen LogP contribution in [0.5, 0.6) is 17.2 Å². The third kappa shape index (κ3) is 8.10. The minimum atomic E-state index is -0.582. The van der Waals surface area contributed by atoms with E-state index in [4.69, 9.17) is 9.47 Å². The minimum Gasteiger partial charge on any atom is -0.508 e. The molecule has 1 amide bonds. The van der Waals surface area contributed by atoms with Crippen LogP contribution in [0.2, 0.25) is 0 Å². The van der Waals surface area contributed by atoms with Crippen molar-refractivity contribution in [3.05, 3.63) is 70.8 Å². The van der Waals surface area contributed by atoms with Crippen LogP contribution in [-0.2, 0) is 9.59 Å². The number of allylic oxidation sites excluding steroid dienone is 5. The van der Waals surface area contributed by atoms with Gasteiger partial charge in [0.25, 0.3) is 5.91 Å². The van der Waals surface area contributed by atoms with Crippen molar-refractivity contribution in [1.29, 1.82) is 0 Å². The SMILES string of the molecule is CC(=O)Oc1cccc2c1N(C)c1c(OC(C)=O)cc(O)cc1N(CC=C(C)CCC=C(C)CCC=C(C)C)C2=O. The number of carbonyl (C=O) groups is 3. The normalized spacial score (nSPS) is 13.3. The average Bonchev–Trinajstić information content (AvgIpc) is 2.95. The van der Waals surface area contributed by atoms with Gasteiger partial charge in [0, 0.05) is 39.6 Å². The van der Waals surface area contributed by atoms with E-state index >= 15 is 0 Å². The van der Waals surface area contributed by atoms with Crippen LogP contribution < -0.4 is 19.3 Å². The van der Waals surface area contributed by atoms with E-state index in [1.54, 1.807) is 30.1 Å². The van der Waals surface area contributed by atoms with Crippen LogP contribution in [0.3, 0.4) is 0 Å². The summed E-state index contributed by atoms with van der Waals surface area (Å²) in [6.45, 7) is 11.2. The number of rotatable bonds is 10. The third-order valence-electron chi connectivity index (χ3n) is 6.73. The van der Waals surface area contributed by atoms with Gasteiger partial charge in [0.15, 0.2) is 11.5 Å². The van der Waals surface area contributed by atoms with Crippen LogP contribution in [0.15, 0.2) is 65.3 Å². The summed E-state index contributed by atoms with van der Waals surface area (Å²) in [5.41, 5.74) is 5.18. The molecule has 8 heteroatoms. The molecule has 1 aliphatic heterocycles. The molecule has 1 aliphatic rings. The zero-order valence-corrected chi connectivity index (χ0v) is 25.0. The molecule has 218 valence electrons. The van der Waals surface area contributed by atoms with Crippen molar-refractivity contribution in [3.8, 4) is 17.2 Å². The number of phenolic OH excluding ortho intramolecular Hbond substituents is 1. The number of phenols is 1. The molecule has 3 rings (SSSR count). The quantitative estimate of drug-likeness (QED) is 0.184. The maximum Gasteiger partial charge on any atom is 0.308 e. The second-order valence-corrected chi connectivity index (χ2v) is 10.6. The molecule has 2 aromatic carbocycles. The second kappa shape index (κ2) is 13.8. The summed E-state index contributed by atoms with van der Waals surface area (Å²) >= 11 is 0. The van der Waals surface area contributed by atoms with Crippen molar-refractivity contribution in [1.82, 2.24) is 0 Å². The molecule has 0 saturated heterocycles. The van der Waals surface area contributed by atoms with E-state index in [1.165, 1.54) is 42.0 Å². The number of amides is 1. The van der Waals surface area contributed by atoms with E-state index in [0.29, 0.717) is 22.6 Å². The maximum absolute atomic E-state index is 14.0. The van der Waals surface area contributed by atoms with Crippen molar-refractivity contribution in [2.45, 2.75) is 67.2 Å². The lowest BCUT2D eigenvalue weighted by atomic mass is 10.1. The first-order valence-corrected chi connectivity index (χ1v) is 13.8. The van der Waals surface area contributed by atoms with Crippen LogP contribution in [0.1, 0.15) is 77.6 Å². The molecule has 0 radical (unpaired) electrons. The predicted octanol–water partition coefficient (Wildman–Crippen LogP) is 7.39.